The van der Waals surface area contributed by atoms with Crippen LogP contribution in [0.5, 0.6) is 0 Å². The van der Waals surface area contributed by atoms with Crippen LogP contribution < -0.4 is 4.90 Å². The highest BCUT2D eigenvalue weighted by Gasteiger charge is 2.15. The standard InChI is InChI=1S/C18H19N/c1-4-10-16(11-5-1)19(17-12-6-2-7-13-17)18-14-8-3-9-15-18/h1-2,4-7,10-14H,3,8-9,15H2. The molecule has 0 atom stereocenters. The number of para-hydroxylation sites is 2. The van der Waals surface area contributed by atoms with Gasteiger partial charge in [0.25, 0.3) is 0 Å². The van der Waals surface area contributed by atoms with Crippen molar-refractivity contribution in [3.8, 4) is 0 Å². The Balaban J connectivity index is 2.03. The molecule has 3 rings (SSSR count). The summed E-state index contributed by atoms with van der Waals surface area (Å²) >= 11 is 0. The third-order valence-corrected chi connectivity index (χ3v) is 3.58. The van der Waals surface area contributed by atoms with E-state index in [4.69, 9.17) is 0 Å². The highest BCUT2D eigenvalue weighted by molar-refractivity contribution is 5.68. The summed E-state index contributed by atoms with van der Waals surface area (Å²) in [6.07, 6.45) is 7.38. The maximum atomic E-state index is 2.39. The topological polar surface area (TPSA) is 3.24 Å². The van der Waals surface area contributed by atoms with Crippen molar-refractivity contribution in [2.75, 3.05) is 4.90 Å². The van der Waals surface area contributed by atoms with Gasteiger partial charge in [-0.2, -0.15) is 0 Å². The summed E-state index contributed by atoms with van der Waals surface area (Å²) in [6, 6.07) is 21.3. The number of hydrogen-bond acceptors (Lipinski definition) is 1. The molecule has 1 nitrogen and oxygen atoms in total. The van der Waals surface area contributed by atoms with Crippen LogP contribution in [0.2, 0.25) is 0 Å². The van der Waals surface area contributed by atoms with Crippen molar-refractivity contribution in [1.29, 1.82) is 0 Å². The smallest absolute Gasteiger partial charge is 0.0458 e. The van der Waals surface area contributed by atoms with Gasteiger partial charge >= 0.3 is 0 Å². The maximum absolute atomic E-state index is 2.39. The molecule has 19 heavy (non-hydrogen) atoms. The summed E-state index contributed by atoms with van der Waals surface area (Å²) in [6.45, 7) is 0. The third kappa shape index (κ3) is 2.70. The SMILES string of the molecule is C1=C(N(c2ccccc2)c2ccccc2)CCCC1. The Hall–Kier alpha value is -2.02. The molecule has 0 aliphatic heterocycles. The lowest BCUT2D eigenvalue weighted by molar-refractivity contribution is 0.691. The van der Waals surface area contributed by atoms with Crippen molar-refractivity contribution in [1.82, 2.24) is 0 Å². The van der Waals surface area contributed by atoms with Crippen LogP contribution in [-0.2, 0) is 0 Å². The second-order valence-electron chi connectivity index (χ2n) is 4.95. The van der Waals surface area contributed by atoms with Crippen LogP contribution >= 0.6 is 0 Å². The molecule has 1 heteroatoms. The van der Waals surface area contributed by atoms with Gasteiger partial charge in [0, 0.05) is 17.1 Å². The number of nitrogens with zero attached hydrogens (tertiary/aromatic N) is 1. The van der Waals surface area contributed by atoms with E-state index in [1.165, 1.54) is 42.8 Å². The predicted octanol–water partition coefficient (Wildman–Crippen LogP) is 5.28. The number of anilines is 2. The molecule has 0 unspecified atom stereocenters. The van der Waals surface area contributed by atoms with Gasteiger partial charge in [0.05, 0.1) is 0 Å². The van der Waals surface area contributed by atoms with Crippen molar-refractivity contribution in [3.63, 3.8) is 0 Å². The first-order valence-corrected chi connectivity index (χ1v) is 7.04. The van der Waals surface area contributed by atoms with Crippen LogP contribution in [0.4, 0.5) is 11.4 Å². The monoisotopic (exact) mass is 249 g/mol. The lowest BCUT2D eigenvalue weighted by Crippen LogP contribution is -2.17. The summed E-state index contributed by atoms with van der Waals surface area (Å²) in [5, 5.41) is 0. The molecular weight excluding hydrogens is 230 g/mol. The van der Waals surface area contributed by atoms with E-state index < -0.39 is 0 Å². The number of hydrogen-bond donors (Lipinski definition) is 0. The zero-order valence-corrected chi connectivity index (χ0v) is 11.1. The third-order valence-electron chi connectivity index (χ3n) is 3.58. The van der Waals surface area contributed by atoms with Gasteiger partial charge in [-0.15, -0.1) is 0 Å². The highest BCUT2D eigenvalue weighted by Crippen LogP contribution is 2.33. The lowest BCUT2D eigenvalue weighted by atomic mass is 10.0. The number of allylic oxidation sites excluding steroid dienone is 2. The molecule has 0 bridgehead atoms. The van der Waals surface area contributed by atoms with Crippen LogP contribution in [0.3, 0.4) is 0 Å². The minimum absolute atomic E-state index is 1.17. The van der Waals surface area contributed by atoms with Crippen molar-refractivity contribution < 1.29 is 0 Å². The van der Waals surface area contributed by atoms with Gasteiger partial charge in [0.1, 0.15) is 0 Å². The van der Waals surface area contributed by atoms with E-state index in [1.807, 2.05) is 0 Å². The first-order valence-electron chi connectivity index (χ1n) is 7.04. The van der Waals surface area contributed by atoms with E-state index in [2.05, 4.69) is 71.6 Å². The predicted molar refractivity (Wildman–Crippen MR) is 81.6 cm³/mol. The van der Waals surface area contributed by atoms with E-state index in [0.29, 0.717) is 0 Å². The van der Waals surface area contributed by atoms with Crippen LogP contribution in [0.1, 0.15) is 25.7 Å². The first-order chi connectivity index (χ1) is 9.45. The Morgan fingerprint density at radius 2 is 1.26 bits per heavy atom. The van der Waals surface area contributed by atoms with E-state index in [9.17, 15) is 0 Å². The van der Waals surface area contributed by atoms with Crippen molar-refractivity contribution in [2.24, 2.45) is 0 Å². The Morgan fingerprint density at radius 1 is 0.684 bits per heavy atom. The fourth-order valence-corrected chi connectivity index (χ4v) is 2.66. The van der Waals surface area contributed by atoms with E-state index in [-0.39, 0.29) is 0 Å². The number of rotatable bonds is 3. The molecule has 2 aromatic rings. The van der Waals surface area contributed by atoms with Crippen LogP contribution in [0, 0.1) is 0 Å². The summed E-state index contributed by atoms with van der Waals surface area (Å²) in [7, 11) is 0. The van der Waals surface area contributed by atoms with E-state index in [0.717, 1.165) is 0 Å². The van der Waals surface area contributed by atoms with Gasteiger partial charge in [-0.3, -0.25) is 0 Å². The minimum atomic E-state index is 1.17. The molecule has 0 aromatic heterocycles. The largest absolute Gasteiger partial charge is 0.315 e. The Kier molecular flexibility index (Phi) is 3.64. The van der Waals surface area contributed by atoms with E-state index >= 15 is 0 Å². The maximum Gasteiger partial charge on any atom is 0.0458 e. The highest BCUT2D eigenvalue weighted by atomic mass is 15.1. The average molecular weight is 249 g/mol. The van der Waals surface area contributed by atoms with Crippen molar-refractivity contribution in [2.45, 2.75) is 25.7 Å². The fourth-order valence-electron chi connectivity index (χ4n) is 2.66. The van der Waals surface area contributed by atoms with Crippen molar-refractivity contribution >= 4 is 11.4 Å². The molecule has 1 aliphatic carbocycles. The van der Waals surface area contributed by atoms with Gasteiger partial charge < -0.3 is 4.90 Å². The van der Waals surface area contributed by atoms with Gasteiger partial charge in [-0.05, 0) is 49.9 Å². The molecule has 1 aliphatic rings. The quantitative estimate of drug-likeness (QED) is 0.715. The van der Waals surface area contributed by atoms with Crippen LogP contribution in [0.15, 0.2) is 72.4 Å². The summed E-state index contributed by atoms with van der Waals surface area (Å²) < 4.78 is 0. The lowest BCUT2D eigenvalue weighted by Gasteiger charge is -2.29. The molecule has 0 saturated carbocycles. The molecule has 96 valence electrons. The molecule has 0 fully saturated rings. The van der Waals surface area contributed by atoms with E-state index in [1.54, 1.807) is 0 Å². The molecule has 0 spiro atoms. The molecular formula is C18H19N. The molecule has 0 radical (unpaired) electrons. The second-order valence-corrected chi connectivity index (χ2v) is 4.95. The molecule has 2 aromatic carbocycles. The molecule has 0 saturated heterocycles. The molecule has 0 heterocycles. The Bertz CT molecular complexity index is 503. The fraction of sp³-hybridized carbons (Fsp3) is 0.222. The molecule has 0 amide bonds. The second kappa shape index (κ2) is 5.75. The Morgan fingerprint density at radius 3 is 1.74 bits per heavy atom. The van der Waals surface area contributed by atoms with Gasteiger partial charge in [-0.1, -0.05) is 42.5 Å². The van der Waals surface area contributed by atoms with Gasteiger partial charge in [0.2, 0.25) is 0 Å². The zero-order chi connectivity index (χ0) is 12.9. The van der Waals surface area contributed by atoms with Gasteiger partial charge in [0.15, 0.2) is 0 Å². The summed E-state index contributed by atoms with van der Waals surface area (Å²) in [5.74, 6) is 0. The summed E-state index contributed by atoms with van der Waals surface area (Å²) in [5.41, 5.74) is 3.94. The first kappa shape index (κ1) is 12.0. The van der Waals surface area contributed by atoms with Crippen molar-refractivity contribution in [3.05, 3.63) is 72.4 Å². The molecule has 0 N–H and O–H groups in total. The summed E-state index contributed by atoms with van der Waals surface area (Å²) in [4.78, 5) is 2.39. The Labute approximate surface area is 115 Å². The van der Waals surface area contributed by atoms with Crippen LogP contribution in [-0.4, -0.2) is 0 Å². The zero-order valence-electron chi connectivity index (χ0n) is 11.1. The normalized spacial score (nSPS) is 14.8. The minimum Gasteiger partial charge on any atom is -0.315 e. The average Bonchev–Trinajstić information content (AvgIpc) is 2.51. The number of benzene rings is 2. The van der Waals surface area contributed by atoms with Crippen LogP contribution in [0.25, 0.3) is 0 Å². The van der Waals surface area contributed by atoms with Gasteiger partial charge in [-0.25, -0.2) is 0 Å².